The maximum atomic E-state index is 5.43. The summed E-state index contributed by atoms with van der Waals surface area (Å²) in [5, 5.41) is 8.69. The van der Waals surface area contributed by atoms with E-state index in [-0.39, 0.29) is 5.25 Å². The summed E-state index contributed by atoms with van der Waals surface area (Å²) in [5.41, 5.74) is 0.970. The van der Waals surface area contributed by atoms with Gasteiger partial charge in [0.15, 0.2) is 14.1 Å². The van der Waals surface area contributed by atoms with E-state index in [4.69, 9.17) is 16.7 Å². The van der Waals surface area contributed by atoms with Gasteiger partial charge < -0.3 is 4.52 Å². The largest absolute Gasteiger partial charge is 0.338 e. The van der Waals surface area contributed by atoms with E-state index < -0.39 is 0 Å². The lowest BCUT2D eigenvalue weighted by Gasteiger charge is -2.02. The molecule has 0 spiro atoms. The number of rotatable bonds is 7. The second-order valence-corrected chi connectivity index (χ2v) is 8.50. The van der Waals surface area contributed by atoms with E-state index in [0.29, 0.717) is 5.89 Å². The van der Waals surface area contributed by atoms with E-state index in [0.717, 1.165) is 39.1 Å². The molecule has 1 unspecified atom stereocenters. The molecule has 8 heteroatoms. The van der Waals surface area contributed by atoms with Crippen molar-refractivity contribution in [3.8, 4) is 5.69 Å². The Labute approximate surface area is 154 Å². The van der Waals surface area contributed by atoms with Crippen LogP contribution in [0.2, 0.25) is 0 Å². The molecule has 0 aliphatic rings. The summed E-state index contributed by atoms with van der Waals surface area (Å²) in [4.78, 5) is 4.48. The van der Waals surface area contributed by atoms with Crippen LogP contribution in [-0.4, -0.2) is 19.9 Å². The van der Waals surface area contributed by atoms with Crippen LogP contribution in [-0.2, 0) is 6.42 Å². The van der Waals surface area contributed by atoms with Gasteiger partial charge in [-0.15, -0.1) is 5.10 Å². The van der Waals surface area contributed by atoms with Crippen LogP contribution >= 0.6 is 35.3 Å². The van der Waals surface area contributed by atoms with Crippen molar-refractivity contribution in [1.29, 1.82) is 0 Å². The van der Waals surface area contributed by atoms with Gasteiger partial charge >= 0.3 is 0 Å². The first-order chi connectivity index (χ1) is 11.7. The van der Waals surface area contributed by atoms with E-state index >= 15 is 0 Å². The van der Waals surface area contributed by atoms with Crippen molar-refractivity contribution in [2.45, 2.75) is 42.7 Å². The molecule has 0 saturated heterocycles. The van der Waals surface area contributed by atoms with Crippen molar-refractivity contribution in [3.63, 3.8) is 0 Å². The molecule has 126 valence electrons. The molecule has 0 fully saturated rings. The first-order valence-electron chi connectivity index (χ1n) is 7.82. The summed E-state index contributed by atoms with van der Waals surface area (Å²) in [6, 6.07) is 9.91. The zero-order chi connectivity index (χ0) is 16.9. The predicted octanol–water partition coefficient (Wildman–Crippen LogP) is 5.24. The fourth-order valence-corrected chi connectivity index (χ4v) is 4.65. The molecule has 2 aromatic heterocycles. The highest BCUT2D eigenvalue weighted by molar-refractivity contribution is 8.01. The summed E-state index contributed by atoms with van der Waals surface area (Å²) < 4.78 is 8.79. The molecule has 0 radical (unpaired) electrons. The van der Waals surface area contributed by atoms with Gasteiger partial charge in [0.2, 0.25) is 5.89 Å². The molecule has 1 aromatic carbocycles. The third-order valence-corrected chi connectivity index (χ3v) is 5.80. The van der Waals surface area contributed by atoms with Crippen molar-refractivity contribution in [3.05, 3.63) is 46.0 Å². The van der Waals surface area contributed by atoms with Crippen molar-refractivity contribution in [2.75, 3.05) is 0 Å². The molecular weight excluding hydrogens is 360 g/mol. The van der Waals surface area contributed by atoms with Crippen LogP contribution in [0.3, 0.4) is 0 Å². The van der Waals surface area contributed by atoms with Gasteiger partial charge in [0.1, 0.15) is 0 Å². The molecule has 0 aliphatic carbocycles. The van der Waals surface area contributed by atoms with Crippen molar-refractivity contribution in [1.82, 2.24) is 19.9 Å². The Balaban J connectivity index is 1.72. The number of unbranched alkanes of at least 4 members (excludes halogenated alkanes) is 1. The van der Waals surface area contributed by atoms with Gasteiger partial charge in [0, 0.05) is 6.42 Å². The quantitative estimate of drug-likeness (QED) is 0.414. The van der Waals surface area contributed by atoms with Gasteiger partial charge in [-0.1, -0.05) is 59.8 Å². The number of nitrogens with zero attached hydrogens (tertiary/aromatic N) is 4. The smallest absolute Gasteiger partial charge is 0.239 e. The van der Waals surface area contributed by atoms with Gasteiger partial charge in [-0.2, -0.15) is 4.98 Å². The highest BCUT2D eigenvalue weighted by Gasteiger charge is 2.18. The van der Waals surface area contributed by atoms with Gasteiger partial charge in [-0.3, -0.25) is 0 Å². The topological polar surface area (TPSA) is 56.7 Å². The number of para-hydroxylation sites is 1. The number of benzene rings is 1. The molecule has 0 saturated carbocycles. The van der Waals surface area contributed by atoms with E-state index in [2.05, 4.69) is 22.2 Å². The normalized spacial score (nSPS) is 12.4. The lowest BCUT2D eigenvalue weighted by molar-refractivity contribution is 0.374. The average Bonchev–Trinajstić information content (AvgIpc) is 3.20. The molecule has 24 heavy (non-hydrogen) atoms. The predicted molar refractivity (Wildman–Crippen MR) is 99.5 cm³/mol. The van der Waals surface area contributed by atoms with Crippen molar-refractivity contribution in [2.24, 2.45) is 0 Å². The molecule has 1 atom stereocenters. The zero-order valence-electron chi connectivity index (χ0n) is 13.5. The Morgan fingerprint density at radius 2 is 2.12 bits per heavy atom. The van der Waals surface area contributed by atoms with Crippen LogP contribution in [0.15, 0.2) is 39.2 Å². The van der Waals surface area contributed by atoms with Gasteiger partial charge in [0.25, 0.3) is 0 Å². The molecule has 2 heterocycles. The molecule has 0 amide bonds. The lowest BCUT2D eigenvalue weighted by atomic mass is 10.2. The second kappa shape index (κ2) is 8.04. The highest BCUT2D eigenvalue weighted by Crippen LogP contribution is 2.35. The summed E-state index contributed by atoms with van der Waals surface area (Å²) in [6.07, 6.45) is 3.05. The molecule has 0 bridgehead atoms. The Hall–Kier alpha value is -1.51. The third kappa shape index (κ3) is 4.12. The Morgan fingerprint density at radius 3 is 2.88 bits per heavy atom. The monoisotopic (exact) mass is 378 g/mol. The van der Waals surface area contributed by atoms with E-state index in [1.165, 1.54) is 11.3 Å². The first kappa shape index (κ1) is 17.3. The molecule has 0 N–H and O–H groups in total. The Bertz CT molecular complexity index is 840. The molecule has 3 rings (SSSR count). The van der Waals surface area contributed by atoms with Gasteiger partial charge in [-0.05, 0) is 37.7 Å². The summed E-state index contributed by atoms with van der Waals surface area (Å²) in [6.45, 7) is 4.19. The maximum absolute atomic E-state index is 5.43. The molecule has 5 nitrogen and oxygen atoms in total. The number of thioether (sulfide) groups is 1. The molecular formula is C16H18N4OS3. The Morgan fingerprint density at radius 1 is 1.33 bits per heavy atom. The fraction of sp³-hybridized carbons (Fsp3) is 0.375. The third-order valence-electron chi connectivity index (χ3n) is 3.39. The van der Waals surface area contributed by atoms with Crippen LogP contribution in [0.4, 0.5) is 0 Å². The summed E-state index contributed by atoms with van der Waals surface area (Å²) in [7, 11) is 0. The summed E-state index contributed by atoms with van der Waals surface area (Å²) in [5.74, 6) is 1.42. The number of aromatic nitrogens is 4. The van der Waals surface area contributed by atoms with Crippen LogP contribution < -0.4 is 0 Å². The minimum absolute atomic E-state index is 0.0395. The number of hydrogen-bond donors (Lipinski definition) is 0. The maximum Gasteiger partial charge on any atom is 0.239 e. The average molecular weight is 379 g/mol. The van der Waals surface area contributed by atoms with Crippen molar-refractivity contribution < 1.29 is 4.52 Å². The first-order valence-corrected chi connectivity index (χ1v) is 9.92. The Kier molecular flexibility index (Phi) is 5.80. The van der Waals surface area contributed by atoms with Crippen molar-refractivity contribution >= 4 is 35.3 Å². The van der Waals surface area contributed by atoms with Crippen LogP contribution in [0.1, 0.15) is 43.7 Å². The van der Waals surface area contributed by atoms with Gasteiger partial charge in [0.05, 0.1) is 10.9 Å². The second-order valence-electron chi connectivity index (χ2n) is 5.29. The fourth-order valence-electron chi connectivity index (χ4n) is 2.11. The summed E-state index contributed by atoms with van der Waals surface area (Å²) >= 11 is 8.51. The van der Waals surface area contributed by atoms with E-state index in [9.17, 15) is 0 Å². The van der Waals surface area contributed by atoms with Gasteiger partial charge in [-0.25, -0.2) is 4.68 Å². The standard InChI is InChI=1S/C16H18N4OS3/c1-3-4-10-13-17-14(21-19-13)11(2)23-15-18-20(16(22)24-15)12-8-6-5-7-9-12/h5-9,11H,3-4,10H2,1-2H3. The SMILES string of the molecule is CCCCc1noc(C(C)Sc2nn(-c3ccccc3)c(=S)s2)n1. The van der Waals surface area contributed by atoms with Crippen LogP contribution in [0, 0.1) is 3.95 Å². The minimum Gasteiger partial charge on any atom is -0.338 e. The number of aryl methyl sites for hydroxylation is 1. The van der Waals surface area contributed by atoms with E-state index in [1.54, 1.807) is 16.4 Å². The van der Waals surface area contributed by atoms with Crippen LogP contribution in [0.25, 0.3) is 5.69 Å². The van der Waals surface area contributed by atoms with E-state index in [1.807, 2.05) is 37.3 Å². The highest BCUT2D eigenvalue weighted by atomic mass is 32.2. The number of hydrogen-bond acceptors (Lipinski definition) is 7. The molecule has 0 aliphatic heterocycles. The lowest BCUT2D eigenvalue weighted by Crippen LogP contribution is -1.96. The zero-order valence-corrected chi connectivity index (χ0v) is 16.0. The van der Waals surface area contributed by atoms with Crippen LogP contribution in [0.5, 0.6) is 0 Å². The minimum atomic E-state index is 0.0395. The molecule has 3 aromatic rings.